The minimum atomic E-state index is -4.69. The molecule has 0 aliphatic heterocycles. The largest absolute Gasteiger partial charge is 0.416 e. The molecule has 0 radical (unpaired) electrons. The second kappa shape index (κ2) is 5.89. The van der Waals surface area contributed by atoms with Gasteiger partial charge in [0.1, 0.15) is 5.82 Å². The summed E-state index contributed by atoms with van der Waals surface area (Å²) < 4.78 is 65.0. The van der Waals surface area contributed by atoms with Crippen molar-refractivity contribution in [1.29, 1.82) is 0 Å². The maximum atomic E-state index is 13.6. The Kier molecular flexibility index (Phi) is 4.37. The highest BCUT2D eigenvalue weighted by Crippen LogP contribution is 2.33. The van der Waals surface area contributed by atoms with Crippen molar-refractivity contribution < 1.29 is 22.0 Å². The highest BCUT2D eigenvalue weighted by Gasteiger charge is 2.33. The number of hydrogen-bond acceptors (Lipinski definition) is 1. The predicted octanol–water partition coefficient (Wildman–Crippen LogP) is 5.25. The van der Waals surface area contributed by atoms with Crippen LogP contribution >= 0.6 is 11.6 Å². The number of halogens is 6. The lowest BCUT2D eigenvalue weighted by atomic mass is 10.1. The van der Waals surface area contributed by atoms with E-state index >= 15 is 0 Å². The Morgan fingerprint density at radius 2 is 1.76 bits per heavy atom. The lowest BCUT2D eigenvalue weighted by molar-refractivity contribution is -0.138. The van der Waals surface area contributed by atoms with Crippen molar-refractivity contribution in [3.05, 3.63) is 64.2 Å². The fourth-order valence-electron chi connectivity index (χ4n) is 1.80. The third-order valence-electron chi connectivity index (χ3n) is 2.80. The summed E-state index contributed by atoms with van der Waals surface area (Å²) in [6, 6.07) is 6.46. The van der Waals surface area contributed by atoms with E-state index in [1.54, 1.807) is 0 Å². The molecular weight excluding hydrogens is 313 g/mol. The van der Waals surface area contributed by atoms with E-state index in [1.165, 1.54) is 18.2 Å². The lowest BCUT2D eigenvalue weighted by Crippen LogP contribution is -2.12. The molecule has 2 aromatic rings. The lowest BCUT2D eigenvalue weighted by Gasteiger charge is -2.14. The molecule has 0 aromatic heterocycles. The number of hydrogen-bond donors (Lipinski definition) is 1. The quantitative estimate of drug-likeness (QED) is 0.761. The van der Waals surface area contributed by atoms with Crippen molar-refractivity contribution in [2.24, 2.45) is 0 Å². The second-order valence-electron chi connectivity index (χ2n) is 4.25. The van der Waals surface area contributed by atoms with E-state index in [1.807, 2.05) is 0 Å². The van der Waals surface area contributed by atoms with Crippen LogP contribution in [0.4, 0.5) is 27.6 Å². The highest BCUT2D eigenvalue weighted by atomic mass is 35.5. The van der Waals surface area contributed by atoms with Crippen LogP contribution in [-0.2, 0) is 12.7 Å². The molecule has 0 saturated carbocycles. The number of anilines is 1. The Labute approximate surface area is 122 Å². The average Bonchev–Trinajstić information content (AvgIpc) is 2.40. The van der Waals surface area contributed by atoms with Gasteiger partial charge >= 0.3 is 6.18 Å². The molecular formula is C14H9ClF5N. The molecule has 21 heavy (non-hydrogen) atoms. The first-order chi connectivity index (χ1) is 9.79. The van der Waals surface area contributed by atoms with Crippen LogP contribution in [-0.4, -0.2) is 0 Å². The Morgan fingerprint density at radius 3 is 2.43 bits per heavy atom. The third-order valence-corrected chi connectivity index (χ3v) is 3.09. The smallest absolute Gasteiger partial charge is 0.379 e. The summed E-state index contributed by atoms with van der Waals surface area (Å²) in [5.74, 6) is -1.74. The van der Waals surface area contributed by atoms with Crippen LogP contribution in [0.1, 0.15) is 11.1 Å². The normalized spacial score (nSPS) is 11.5. The second-order valence-corrected chi connectivity index (χ2v) is 4.66. The minimum Gasteiger partial charge on any atom is -0.379 e. The van der Waals surface area contributed by atoms with Gasteiger partial charge in [-0.1, -0.05) is 23.7 Å². The average molecular weight is 322 g/mol. The third kappa shape index (κ3) is 3.64. The van der Waals surface area contributed by atoms with Gasteiger partial charge in [-0.3, -0.25) is 0 Å². The van der Waals surface area contributed by atoms with Crippen LogP contribution in [0.5, 0.6) is 0 Å². The van der Waals surface area contributed by atoms with Gasteiger partial charge in [0, 0.05) is 6.54 Å². The van der Waals surface area contributed by atoms with E-state index in [9.17, 15) is 22.0 Å². The number of nitrogens with one attached hydrogen (secondary N) is 1. The summed E-state index contributed by atoms with van der Waals surface area (Å²) in [5.41, 5.74) is -1.32. The van der Waals surface area contributed by atoms with Crippen molar-refractivity contribution >= 4 is 17.3 Å². The first kappa shape index (κ1) is 15.6. The Hall–Kier alpha value is -1.82. The maximum Gasteiger partial charge on any atom is 0.416 e. The molecule has 0 aliphatic carbocycles. The summed E-state index contributed by atoms with van der Waals surface area (Å²) in [6.45, 7) is -0.313. The Balaban J connectivity index is 2.26. The molecule has 2 rings (SSSR count). The molecule has 0 bridgehead atoms. The molecule has 1 N–H and O–H groups in total. The van der Waals surface area contributed by atoms with E-state index in [2.05, 4.69) is 5.32 Å². The Bertz CT molecular complexity index is 654. The van der Waals surface area contributed by atoms with Crippen LogP contribution in [0, 0.1) is 11.6 Å². The fourth-order valence-corrected chi connectivity index (χ4v) is 1.97. The van der Waals surface area contributed by atoms with Crippen LogP contribution < -0.4 is 5.32 Å². The van der Waals surface area contributed by atoms with Gasteiger partial charge in [0.2, 0.25) is 0 Å². The summed E-state index contributed by atoms with van der Waals surface area (Å²) in [6.07, 6.45) is -4.69. The monoisotopic (exact) mass is 321 g/mol. The van der Waals surface area contributed by atoms with Crippen molar-refractivity contribution in [2.45, 2.75) is 12.7 Å². The molecule has 0 saturated heterocycles. The summed E-state index contributed by atoms with van der Waals surface area (Å²) >= 11 is 5.58. The van der Waals surface area contributed by atoms with Gasteiger partial charge < -0.3 is 5.32 Å². The van der Waals surface area contributed by atoms with E-state index in [4.69, 9.17) is 11.6 Å². The van der Waals surface area contributed by atoms with Gasteiger partial charge in [0.25, 0.3) is 0 Å². The van der Waals surface area contributed by atoms with Gasteiger partial charge in [0.05, 0.1) is 16.3 Å². The van der Waals surface area contributed by atoms with Gasteiger partial charge in [-0.05, 0) is 29.8 Å². The van der Waals surface area contributed by atoms with Crippen molar-refractivity contribution in [3.63, 3.8) is 0 Å². The first-order valence-corrected chi connectivity index (χ1v) is 6.20. The predicted molar refractivity (Wildman–Crippen MR) is 70.1 cm³/mol. The van der Waals surface area contributed by atoms with Gasteiger partial charge in [-0.15, -0.1) is 0 Å². The van der Waals surface area contributed by atoms with Crippen LogP contribution in [0.15, 0.2) is 36.4 Å². The van der Waals surface area contributed by atoms with Gasteiger partial charge in [-0.25, -0.2) is 8.78 Å². The number of benzene rings is 2. The van der Waals surface area contributed by atoms with E-state index in [-0.39, 0.29) is 22.8 Å². The molecule has 112 valence electrons. The number of rotatable bonds is 3. The molecule has 0 fully saturated rings. The molecule has 0 heterocycles. The summed E-state index contributed by atoms with van der Waals surface area (Å²) in [4.78, 5) is 0. The van der Waals surface area contributed by atoms with Crippen LogP contribution in [0.25, 0.3) is 0 Å². The molecule has 7 heteroatoms. The van der Waals surface area contributed by atoms with Gasteiger partial charge in [0.15, 0.2) is 5.82 Å². The molecule has 0 unspecified atom stereocenters. The van der Waals surface area contributed by atoms with E-state index in [0.29, 0.717) is 6.07 Å². The van der Waals surface area contributed by atoms with E-state index in [0.717, 1.165) is 12.1 Å². The van der Waals surface area contributed by atoms with Crippen LogP contribution in [0.2, 0.25) is 5.02 Å². The molecule has 0 amide bonds. The van der Waals surface area contributed by atoms with Crippen molar-refractivity contribution in [2.75, 3.05) is 5.32 Å². The van der Waals surface area contributed by atoms with Crippen molar-refractivity contribution in [3.8, 4) is 0 Å². The molecule has 0 spiro atoms. The highest BCUT2D eigenvalue weighted by molar-refractivity contribution is 6.31. The zero-order valence-electron chi connectivity index (χ0n) is 10.4. The molecule has 2 aromatic carbocycles. The standard InChI is InChI=1S/C14H9ClF5N/c15-11-2-1-3-12(13(11)17)21-7-8-4-5-9(16)6-10(8)14(18,19)20/h1-6,21H,7H2. The summed E-state index contributed by atoms with van der Waals surface area (Å²) in [7, 11) is 0. The van der Waals surface area contributed by atoms with Gasteiger partial charge in [-0.2, -0.15) is 13.2 Å². The fraction of sp³-hybridized carbons (Fsp3) is 0.143. The summed E-state index contributed by atoms with van der Waals surface area (Å²) in [5, 5.41) is 2.38. The zero-order valence-corrected chi connectivity index (χ0v) is 11.2. The topological polar surface area (TPSA) is 12.0 Å². The zero-order chi connectivity index (χ0) is 15.6. The molecule has 0 atom stereocenters. The minimum absolute atomic E-state index is 0.0278. The molecule has 0 aliphatic rings. The number of alkyl halides is 3. The Morgan fingerprint density at radius 1 is 1.05 bits per heavy atom. The molecule has 1 nitrogen and oxygen atoms in total. The van der Waals surface area contributed by atoms with E-state index < -0.39 is 23.4 Å². The van der Waals surface area contributed by atoms with Crippen LogP contribution in [0.3, 0.4) is 0 Å². The van der Waals surface area contributed by atoms with Crippen molar-refractivity contribution in [1.82, 2.24) is 0 Å². The SMILES string of the molecule is Fc1ccc(CNc2cccc(Cl)c2F)c(C(F)(F)F)c1. The first-order valence-electron chi connectivity index (χ1n) is 5.82. The maximum absolute atomic E-state index is 13.6.